The third-order valence-corrected chi connectivity index (χ3v) is 4.41. The maximum absolute atomic E-state index is 5.96. The van der Waals surface area contributed by atoms with E-state index in [1.165, 1.54) is 24.9 Å². The summed E-state index contributed by atoms with van der Waals surface area (Å²) in [7, 11) is 0. The number of halogens is 1. The molecule has 0 aliphatic carbocycles. The van der Waals surface area contributed by atoms with Crippen LogP contribution in [0.15, 0.2) is 12.5 Å². The van der Waals surface area contributed by atoms with Crippen molar-refractivity contribution < 1.29 is 0 Å². The minimum Gasteiger partial charge on any atom is -0.367 e. The molecule has 1 atom stereocenters. The molecule has 15 heavy (non-hydrogen) atoms. The summed E-state index contributed by atoms with van der Waals surface area (Å²) < 4.78 is 0.328. The van der Waals surface area contributed by atoms with Crippen molar-refractivity contribution in [3.05, 3.63) is 17.5 Å². The molecule has 2 rings (SSSR count). The van der Waals surface area contributed by atoms with Gasteiger partial charge in [-0.2, -0.15) is 11.8 Å². The molecule has 2 heterocycles. The first-order valence-corrected chi connectivity index (χ1v) is 6.39. The van der Waals surface area contributed by atoms with Gasteiger partial charge in [0.25, 0.3) is 0 Å². The van der Waals surface area contributed by atoms with E-state index in [-0.39, 0.29) is 0 Å². The van der Waals surface area contributed by atoms with Gasteiger partial charge in [-0.1, -0.05) is 11.6 Å². The molecule has 0 bridgehead atoms. The van der Waals surface area contributed by atoms with E-state index in [9.17, 15) is 0 Å². The fraction of sp³-hybridized carbons (Fsp3) is 0.600. The van der Waals surface area contributed by atoms with Crippen LogP contribution in [-0.2, 0) is 0 Å². The minimum atomic E-state index is 0.328. The first-order valence-electron chi connectivity index (χ1n) is 5.03. The summed E-state index contributed by atoms with van der Waals surface area (Å²) in [4.78, 5) is 7.96. The molecule has 0 aromatic carbocycles. The van der Waals surface area contributed by atoms with Crippen molar-refractivity contribution in [2.75, 3.05) is 17.6 Å². The van der Waals surface area contributed by atoms with Crippen LogP contribution < -0.4 is 5.32 Å². The van der Waals surface area contributed by atoms with Gasteiger partial charge in [-0.25, -0.2) is 9.97 Å². The van der Waals surface area contributed by atoms with Crippen molar-refractivity contribution in [3.8, 4) is 0 Å². The summed E-state index contributed by atoms with van der Waals surface area (Å²) >= 11 is 7.98. The SMILES string of the molecule is CC1(CNc2ncncc2Cl)CCCS1. The van der Waals surface area contributed by atoms with Gasteiger partial charge in [0.05, 0.1) is 6.20 Å². The number of hydrogen-bond acceptors (Lipinski definition) is 4. The average molecular weight is 244 g/mol. The molecular formula is C10H14ClN3S. The zero-order valence-corrected chi connectivity index (χ0v) is 10.2. The highest BCUT2D eigenvalue weighted by Gasteiger charge is 2.29. The van der Waals surface area contributed by atoms with Crippen LogP contribution in [0.2, 0.25) is 5.02 Å². The van der Waals surface area contributed by atoms with E-state index in [1.807, 2.05) is 11.8 Å². The summed E-state index contributed by atoms with van der Waals surface area (Å²) in [5, 5.41) is 3.88. The Bertz CT molecular complexity index is 339. The maximum Gasteiger partial charge on any atom is 0.148 e. The van der Waals surface area contributed by atoms with Crippen LogP contribution in [0.25, 0.3) is 0 Å². The van der Waals surface area contributed by atoms with Gasteiger partial charge in [0, 0.05) is 11.3 Å². The van der Waals surface area contributed by atoms with Crippen LogP contribution in [0.5, 0.6) is 0 Å². The van der Waals surface area contributed by atoms with Gasteiger partial charge in [-0.05, 0) is 25.5 Å². The predicted octanol–water partition coefficient (Wildman–Crippen LogP) is 2.83. The first-order chi connectivity index (χ1) is 7.20. The summed E-state index contributed by atoms with van der Waals surface area (Å²) in [5.41, 5.74) is 0. The molecule has 1 saturated heterocycles. The van der Waals surface area contributed by atoms with Gasteiger partial charge in [0.1, 0.15) is 17.2 Å². The van der Waals surface area contributed by atoms with Crippen LogP contribution in [-0.4, -0.2) is 27.0 Å². The highest BCUT2D eigenvalue weighted by molar-refractivity contribution is 8.00. The van der Waals surface area contributed by atoms with Crippen LogP contribution in [0.4, 0.5) is 5.82 Å². The molecule has 82 valence electrons. The van der Waals surface area contributed by atoms with Crippen molar-refractivity contribution in [1.82, 2.24) is 9.97 Å². The van der Waals surface area contributed by atoms with Gasteiger partial charge < -0.3 is 5.32 Å². The lowest BCUT2D eigenvalue weighted by molar-refractivity contribution is 0.633. The van der Waals surface area contributed by atoms with E-state index in [0.717, 1.165) is 12.4 Å². The number of nitrogens with zero attached hydrogens (tertiary/aromatic N) is 2. The second-order valence-corrected chi connectivity index (χ2v) is 6.06. The van der Waals surface area contributed by atoms with Gasteiger partial charge in [-0.3, -0.25) is 0 Å². The van der Waals surface area contributed by atoms with Crippen LogP contribution >= 0.6 is 23.4 Å². The van der Waals surface area contributed by atoms with Crippen LogP contribution in [0, 0.1) is 0 Å². The second-order valence-electron chi connectivity index (χ2n) is 3.97. The second kappa shape index (κ2) is 4.58. The van der Waals surface area contributed by atoms with Crippen molar-refractivity contribution in [1.29, 1.82) is 0 Å². The quantitative estimate of drug-likeness (QED) is 0.886. The fourth-order valence-electron chi connectivity index (χ4n) is 1.69. The van der Waals surface area contributed by atoms with Crippen molar-refractivity contribution in [3.63, 3.8) is 0 Å². The van der Waals surface area contributed by atoms with Crippen LogP contribution in [0.3, 0.4) is 0 Å². The number of thioether (sulfide) groups is 1. The molecule has 1 N–H and O–H groups in total. The van der Waals surface area contributed by atoms with Crippen molar-refractivity contribution in [2.24, 2.45) is 0 Å². The van der Waals surface area contributed by atoms with Gasteiger partial charge in [-0.15, -0.1) is 0 Å². The molecular weight excluding hydrogens is 230 g/mol. The monoisotopic (exact) mass is 243 g/mol. The Morgan fingerprint density at radius 3 is 3.20 bits per heavy atom. The summed E-state index contributed by atoms with van der Waals surface area (Å²) in [6.45, 7) is 3.20. The van der Waals surface area contributed by atoms with Crippen LogP contribution in [0.1, 0.15) is 19.8 Å². The molecule has 5 heteroatoms. The number of aromatic nitrogens is 2. The molecule has 1 aromatic rings. The maximum atomic E-state index is 5.96. The molecule has 0 saturated carbocycles. The third-order valence-electron chi connectivity index (χ3n) is 2.60. The molecule has 0 spiro atoms. The Balaban J connectivity index is 1.95. The number of anilines is 1. The van der Waals surface area contributed by atoms with Gasteiger partial charge in [0.2, 0.25) is 0 Å². The van der Waals surface area contributed by atoms with E-state index >= 15 is 0 Å². The first kappa shape index (κ1) is 11.0. The molecule has 1 unspecified atom stereocenters. The fourth-order valence-corrected chi connectivity index (χ4v) is 3.11. The Morgan fingerprint density at radius 1 is 1.67 bits per heavy atom. The largest absolute Gasteiger partial charge is 0.367 e. The summed E-state index contributed by atoms with van der Waals surface area (Å²) in [5.74, 6) is 2.00. The topological polar surface area (TPSA) is 37.8 Å². The van der Waals surface area contributed by atoms with E-state index in [1.54, 1.807) is 6.20 Å². The summed E-state index contributed by atoms with van der Waals surface area (Å²) in [6.07, 6.45) is 5.69. The lowest BCUT2D eigenvalue weighted by Gasteiger charge is -2.23. The molecule has 1 aliphatic heterocycles. The number of nitrogens with one attached hydrogen (secondary N) is 1. The average Bonchev–Trinajstić information content (AvgIpc) is 2.65. The number of rotatable bonds is 3. The molecule has 3 nitrogen and oxygen atoms in total. The van der Waals surface area contributed by atoms with E-state index < -0.39 is 0 Å². The van der Waals surface area contributed by atoms with E-state index in [4.69, 9.17) is 11.6 Å². The van der Waals surface area contributed by atoms with E-state index in [0.29, 0.717) is 9.77 Å². The molecule has 1 fully saturated rings. The molecule has 0 amide bonds. The summed E-state index contributed by atoms with van der Waals surface area (Å²) in [6, 6.07) is 0. The highest BCUT2D eigenvalue weighted by atomic mass is 35.5. The third kappa shape index (κ3) is 2.75. The van der Waals surface area contributed by atoms with Gasteiger partial charge in [0.15, 0.2) is 0 Å². The lowest BCUT2D eigenvalue weighted by Crippen LogP contribution is -2.27. The Hall–Kier alpha value is -0.480. The molecule has 0 radical (unpaired) electrons. The van der Waals surface area contributed by atoms with Crippen molar-refractivity contribution in [2.45, 2.75) is 24.5 Å². The predicted molar refractivity (Wildman–Crippen MR) is 65.6 cm³/mol. The Morgan fingerprint density at radius 2 is 2.53 bits per heavy atom. The van der Waals surface area contributed by atoms with Gasteiger partial charge >= 0.3 is 0 Å². The highest BCUT2D eigenvalue weighted by Crippen LogP contribution is 2.37. The normalized spacial score (nSPS) is 25.5. The zero-order chi connectivity index (χ0) is 10.7. The standard InChI is InChI=1S/C10H14ClN3S/c1-10(3-2-4-15-10)6-13-9-8(11)5-12-7-14-9/h5,7H,2-4,6H2,1H3,(H,12,13,14). The molecule has 1 aliphatic rings. The Labute approximate surface area is 99.0 Å². The zero-order valence-electron chi connectivity index (χ0n) is 8.66. The smallest absolute Gasteiger partial charge is 0.148 e. The number of hydrogen-bond donors (Lipinski definition) is 1. The minimum absolute atomic E-state index is 0.328. The molecule has 1 aromatic heterocycles. The Kier molecular flexibility index (Phi) is 3.36. The van der Waals surface area contributed by atoms with E-state index in [2.05, 4.69) is 22.2 Å². The van der Waals surface area contributed by atoms with Crippen molar-refractivity contribution >= 4 is 29.2 Å². The lowest BCUT2D eigenvalue weighted by atomic mass is 10.1.